The molecule has 0 unspecified atom stereocenters. The van der Waals surface area contributed by atoms with Crippen molar-refractivity contribution in [2.45, 2.75) is 13.0 Å². The summed E-state index contributed by atoms with van der Waals surface area (Å²) < 4.78 is 2.12. The first-order chi connectivity index (χ1) is 9.38. The quantitative estimate of drug-likeness (QED) is 0.667. The highest BCUT2D eigenvalue weighted by molar-refractivity contribution is 5.97. The summed E-state index contributed by atoms with van der Waals surface area (Å²) >= 11 is 0. The number of pyridine rings is 1. The Hall–Kier alpha value is -2.42. The minimum Gasteiger partial charge on any atom is -0.346 e. The second kappa shape index (κ2) is 5.06. The molecule has 0 bridgehead atoms. The monoisotopic (exact) mass is 250 g/mol. The van der Waals surface area contributed by atoms with Crippen LogP contribution < -0.4 is 0 Å². The molecule has 3 rings (SSSR count). The molecule has 3 aromatic rings. The van der Waals surface area contributed by atoms with Crippen LogP contribution in [-0.4, -0.2) is 15.8 Å². The smallest absolute Gasteiger partial charge is 0.152 e. The summed E-state index contributed by atoms with van der Waals surface area (Å²) in [6.45, 7) is 0.825. The first-order valence-electron chi connectivity index (χ1n) is 6.31. The predicted molar refractivity (Wildman–Crippen MR) is 75.3 cm³/mol. The lowest BCUT2D eigenvalue weighted by molar-refractivity contribution is 0.112. The van der Waals surface area contributed by atoms with E-state index in [1.54, 1.807) is 6.20 Å². The van der Waals surface area contributed by atoms with Gasteiger partial charge in [-0.3, -0.25) is 9.78 Å². The number of aromatic nitrogens is 2. The zero-order chi connectivity index (χ0) is 13.1. The van der Waals surface area contributed by atoms with Gasteiger partial charge >= 0.3 is 0 Å². The van der Waals surface area contributed by atoms with Crippen molar-refractivity contribution in [1.29, 1.82) is 0 Å². The molecule has 0 atom stereocenters. The van der Waals surface area contributed by atoms with Gasteiger partial charge in [-0.25, -0.2) is 0 Å². The Bertz CT molecular complexity index is 701. The van der Waals surface area contributed by atoms with Crippen molar-refractivity contribution in [3.8, 4) is 0 Å². The fourth-order valence-electron chi connectivity index (χ4n) is 2.34. The third-order valence-electron chi connectivity index (χ3n) is 3.28. The number of benzene rings is 1. The molecule has 0 N–H and O–H groups in total. The van der Waals surface area contributed by atoms with Crippen LogP contribution in [0.3, 0.4) is 0 Å². The average molecular weight is 250 g/mol. The SMILES string of the molecule is O=Cc1cn(CCc2ccccn2)c2ccccc12. The van der Waals surface area contributed by atoms with Gasteiger partial charge in [0.2, 0.25) is 0 Å². The lowest BCUT2D eigenvalue weighted by Crippen LogP contribution is -2.01. The summed E-state index contributed by atoms with van der Waals surface area (Å²) in [6, 6.07) is 13.9. The van der Waals surface area contributed by atoms with E-state index in [-0.39, 0.29) is 0 Å². The van der Waals surface area contributed by atoms with E-state index >= 15 is 0 Å². The summed E-state index contributed by atoms with van der Waals surface area (Å²) in [4.78, 5) is 15.4. The zero-order valence-corrected chi connectivity index (χ0v) is 10.5. The van der Waals surface area contributed by atoms with E-state index in [0.717, 1.165) is 41.4 Å². The highest BCUT2D eigenvalue weighted by atomic mass is 16.1. The molecule has 1 aromatic carbocycles. The van der Waals surface area contributed by atoms with E-state index in [1.807, 2.05) is 48.7 Å². The van der Waals surface area contributed by atoms with E-state index < -0.39 is 0 Å². The van der Waals surface area contributed by atoms with Crippen LogP contribution in [0.4, 0.5) is 0 Å². The molecule has 0 aliphatic carbocycles. The maximum atomic E-state index is 11.1. The van der Waals surface area contributed by atoms with Crippen molar-refractivity contribution >= 4 is 17.2 Å². The van der Waals surface area contributed by atoms with Crippen molar-refractivity contribution in [1.82, 2.24) is 9.55 Å². The van der Waals surface area contributed by atoms with Gasteiger partial charge < -0.3 is 4.57 Å². The van der Waals surface area contributed by atoms with Gasteiger partial charge in [-0.2, -0.15) is 0 Å². The number of para-hydroxylation sites is 1. The molecule has 3 nitrogen and oxygen atoms in total. The maximum absolute atomic E-state index is 11.1. The first kappa shape index (κ1) is 11.7. The lowest BCUT2D eigenvalue weighted by Gasteiger charge is -2.04. The number of rotatable bonds is 4. The second-order valence-electron chi connectivity index (χ2n) is 4.48. The number of aldehydes is 1. The maximum Gasteiger partial charge on any atom is 0.152 e. The molecule has 0 fully saturated rings. The summed E-state index contributed by atoms with van der Waals surface area (Å²) in [6.07, 6.45) is 5.50. The molecule has 3 heteroatoms. The predicted octanol–water partition coefficient (Wildman–Crippen LogP) is 3.09. The summed E-state index contributed by atoms with van der Waals surface area (Å²) in [5, 5.41) is 1.01. The fourth-order valence-corrected chi connectivity index (χ4v) is 2.34. The van der Waals surface area contributed by atoms with Gasteiger partial charge in [0.05, 0.1) is 0 Å². The number of aryl methyl sites for hydroxylation is 2. The molecule has 0 saturated carbocycles. The van der Waals surface area contributed by atoms with E-state index in [4.69, 9.17) is 0 Å². The summed E-state index contributed by atoms with van der Waals surface area (Å²) in [5.41, 5.74) is 2.91. The van der Waals surface area contributed by atoms with Crippen LogP contribution in [-0.2, 0) is 13.0 Å². The Morgan fingerprint density at radius 2 is 1.95 bits per heavy atom. The van der Waals surface area contributed by atoms with E-state index in [0.29, 0.717) is 0 Å². The molecule has 2 heterocycles. The normalized spacial score (nSPS) is 10.7. The Labute approximate surface area is 111 Å². The van der Waals surface area contributed by atoms with E-state index in [2.05, 4.69) is 9.55 Å². The zero-order valence-electron chi connectivity index (χ0n) is 10.5. The van der Waals surface area contributed by atoms with Crippen molar-refractivity contribution < 1.29 is 4.79 Å². The van der Waals surface area contributed by atoms with E-state index in [1.165, 1.54) is 0 Å². The molecule has 0 radical (unpaired) electrons. The molecule has 0 saturated heterocycles. The van der Waals surface area contributed by atoms with Gasteiger partial charge in [0, 0.05) is 47.5 Å². The number of nitrogens with zero attached hydrogens (tertiary/aromatic N) is 2. The largest absolute Gasteiger partial charge is 0.346 e. The Kier molecular flexibility index (Phi) is 3.11. The van der Waals surface area contributed by atoms with Gasteiger partial charge in [0.25, 0.3) is 0 Å². The number of carbonyl (C=O) groups is 1. The van der Waals surface area contributed by atoms with Crippen LogP contribution in [0.2, 0.25) is 0 Å². The summed E-state index contributed by atoms with van der Waals surface area (Å²) in [5.74, 6) is 0. The summed E-state index contributed by atoms with van der Waals surface area (Å²) in [7, 11) is 0. The first-order valence-corrected chi connectivity index (χ1v) is 6.31. The molecule has 0 aliphatic heterocycles. The van der Waals surface area contributed by atoms with Crippen LogP contribution in [0, 0.1) is 0 Å². The van der Waals surface area contributed by atoms with Crippen LogP contribution >= 0.6 is 0 Å². The Morgan fingerprint density at radius 3 is 2.74 bits per heavy atom. The highest BCUT2D eigenvalue weighted by Crippen LogP contribution is 2.20. The fraction of sp³-hybridized carbons (Fsp3) is 0.125. The minimum absolute atomic E-state index is 0.747. The van der Waals surface area contributed by atoms with Crippen molar-refractivity contribution in [3.63, 3.8) is 0 Å². The third-order valence-corrected chi connectivity index (χ3v) is 3.28. The Morgan fingerprint density at radius 1 is 1.11 bits per heavy atom. The van der Waals surface area contributed by atoms with Crippen LogP contribution in [0.15, 0.2) is 54.9 Å². The van der Waals surface area contributed by atoms with Crippen molar-refractivity contribution in [3.05, 3.63) is 66.1 Å². The second-order valence-corrected chi connectivity index (χ2v) is 4.48. The van der Waals surface area contributed by atoms with Crippen molar-refractivity contribution in [2.75, 3.05) is 0 Å². The molecule has 0 aliphatic rings. The molecular weight excluding hydrogens is 236 g/mol. The topological polar surface area (TPSA) is 34.9 Å². The van der Waals surface area contributed by atoms with Crippen molar-refractivity contribution in [2.24, 2.45) is 0 Å². The average Bonchev–Trinajstić information content (AvgIpc) is 2.84. The van der Waals surface area contributed by atoms with Gasteiger partial charge in [-0.15, -0.1) is 0 Å². The molecule has 0 amide bonds. The number of fused-ring (bicyclic) bond motifs is 1. The number of hydrogen-bond donors (Lipinski definition) is 0. The van der Waals surface area contributed by atoms with Crippen LogP contribution in [0.1, 0.15) is 16.1 Å². The van der Waals surface area contributed by atoms with Gasteiger partial charge in [0.1, 0.15) is 0 Å². The number of hydrogen-bond acceptors (Lipinski definition) is 2. The Balaban J connectivity index is 1.91. The molecule has 94 valence electrons. The van der Waals surface area contributed by atoms with Crippen LogP contribution in [0.5, 0.6) is 0 Å². The lowest BCUT2D eigenvalue weighted by atomic mass is 10.2. The molecular formula is C16H14N2O. The van der Waals surface area contributed by atoms with Gasteiger partial charge in [0.15, 0.2) is 6.29 Å². The molecule has 0 spiro atoms. The minimum atomic E-state index is 0.747. The van der Waals surface area contributed by atoms with Gasteiger partial charge in [-0.1, -0.05) is 24.3 Å². The van der Waals surface area contributed by atoms with E-state index in [9.17, 15) is 4.79 Å². The molecule has 2 aromatic heterocycles. The van der Waals surface area contributed by atoms with Gasteiger partial charge in [-0.05, 0) is 18.2 Å². The van der Waals surface area contributed by atoms with Crippen LogP contribution in [0.25, 0.3) is 10.9 Å². The standard InChI is InChI=1S/C16H14N2O/c19-12-13-11-18(16-7-2-1-6-15(13)16)10-8-14-5-3-4-9-17-14/h1-7,9,11-12H,8,10H2. The third kappa shape index (κ3) is 2.27. The number of carbonyl (C=O) groups excluding carboxylic acids is 1. The molecule has 19 heavy (non-hydrogen) atoms. The highest BCUT2D eigenvalue weighted by Gasteiger charge is 2.07.